The molecule has 0 aromatic heterocycles. The van der Waals surface area contributed by atoms with E-state index < -0.39 is 0 Å². The smallest absolute Gasteiger partial charge is 0.235 e. The molecule has 21 heavy (non-hydrogen) atoms. The normalized spacial score (nSPS) is 15.5. The van der Waals surface area contributed by atoms with Gasteiger partial charge in [0.05, 0.1) is 5.41 Å². The lowest BCUT2D eigenvalue weighted by Crippen LogP contribution is -2.27. The van der Waals surface area contributed by atoms with E-state index in [1.165, 1.54) is 5.56 Å². The van der Waals surface area contributed by atoms with E-state index in [0.717, 1.165) is 36.2 Å². The van der Waals surface area contributed by atoms with Crippen LogP contribution in [0.25, 0.3) is 0 Å². The molecule has 2 aromatic carbocycles. The maximum Gasteiger partial charge on any atom is 0.235 e. The zero-order chi connectivity index (χ0) is 14.9. The Bertz CT molecular complexity index is 640. The summed E-state index contributed by atoms with van der Waals surface area (Å²) in [5.74, 6) is 0.0801. The van der Waals surface area contributed by atoms with Crippen molar-refractivity contribution < 1.29 is 4.79 Å². The minimum Gasteiger partial charge on any atom is -0.399 e. The predicted molar refractivity (Wildman–Crippen MR) is 86.2 cm³/mol. The molecule has 1 fully saturated rings. The number of hydrogen-bond acceptors (Lipinski definition) is 2. The van der Waals surface area contributed by atoms with Gasteiger partial charge in [-0.05, 0) is 54.7 Å². The average molecular weight is 280 g/mol. The fourth-order valence-electron chi connectivity index (χ4n) is 2.65. The van der Waals surface area contributed by atoms with Crippen LogP contribution in [0.3, 0.4) is 0 Å². The van der Waals surface area contributed by atoms with Gasteiger partial charge in [0, 0.05) is 11.4 Å². The third-order valence-electron chi connectivity index (χ3n) is 4.27. The number of aryl methyl sites for hydroxylation is 1. The van der Waals surface area contributed by atoms with Crippen LogP contribution in [0.2, 0.25) is 0 Å². The van der Waals surface area contributed by atoms with Crippen molar-refractivity contribution in [3.05, 3.63) is 59.7 Å². The fourth-order valence-corrected chi connectivity index (χ4v) is 2.65. The zero-order valence-corrected chi connectivity index (χ0v) is 12.2. The highest BCUT2D eigenvalue weighted by Gasteiger charge is 2.51. The van der Waals surface area contributed by atoms with Gasteiger partial charge in [0.1, 0.15) is 0 Å². The Kier molecular flexibility index (Phi) is 3.42. The summed E-state index contributed by atoms with van der Waals surface area (Å²) in [4.78, 5) is 12.6. The third-order valence-corrected chi connectivity index (χ3v) is 4.27. The maximum atomic E-state index is 12.6. The van der Waals surface area contributed by atoms with Crippen molar-refractivity contribution in [3.8, 4) is 0 Å². The summed E-state index contributed by atoms with van der Waals surface area (Å²) in [6, 6.07) is 15.7. The van der Waals surface area contributed by atoms with Gasteiger partial charge in [0.2, 0.25) is 5.91 Å². The van der Waals surface area contributed by atoms with Gasteiger partial charge in [-0.3, -0.25) is 4.79 Å². The minimum atomic E-state index is -0.364. The Morgan fingerprint density at radius 1 is 1.10 bits per heavy atom. The molecule has 1 aliphatic carbocycles. The Balaban J connectivity index is 1.76. The molecule has 0 spiro atoms. The van der Waals surface area contributed by atoms with Crippen molar-refractivity contribution in [1.29, 1.82) is 0 Å². The molecule has 3 heteroatoms. The highest BCUT2D eigenvalue weighted by molar-refractivity contribution is 6.01. The number of rotatable bonds is 4. The molecule has 1 aliphatic rings. The van der Waals surface area contributed by atoms with E-state index in [-0.39, 0.29) is 11.3 Å². The van der Waals surface area contributed by atoms with Gasteiger partial charge < -0.3 is 11.1 Å². The predicted octanol–water partition coefficient (Wildman–Crippen LogP) is 3.50. The topological polar surface area (TPSA) is 55.1 Å². The van der Waals surface area contributed by atoms with Crippen LogP contribution in [-0.4, -0.2) is 5.91 Å². The Morgan fingerprint density at radius 2 is 1.71 bits per heavy atom. The van der Waals surface area contributed by atoms with Crippen molar-refractivity contribution in [2.75, 3.05) is 11.1 Å². The van der Waals surface area contributed by atoms with E-state index in [0.29, 0.717) is 0 Å². The molecule has 0 radical (unpaired) electrons. The largest absolute Gasteiger partial charge is 0.399 e. The van der Waals surface area contributed by atoms with Crippen LogP contribution < -0.4 is 11.1 Å². The molecule has 0 aliphatic heterocycles. The van der Waals surface area contributed by atoms with Crippen LogP contribution in [0.4, 0.5) is 11.4 Å². The van der Waals surface area contributed by atoms with E-state index in [2.05, 4.69) is 24.4 Å². The molecule has 1 saturated carbocycles. The number of anilines is 2. The van der Waals surface area contributed by atoms with E-state index in [9.17, 15) is 4.79 Å². The molecule has 2 aromatic rings. The second-order valence-corrected chi connectivity index (χ2v) is 5.71. The first kappa shape index (κ1) is 13.7. The average Bonchev–Trinajstić information content (AvgIpc) is 3.30. The zero-order valence-electron chi connectivity index (χ0n) is 12.2. The summed E-state index contributed by atoms with van der Waals surface area (Å²) in [6.07, 6.45) is 2.80. The highest BCUT2D eigenvalue weighted by atomic mass is 16.2. The highest BCUT2D eigenvalue weighted by Crippen LogP contribution is 2.49. The first-order valence-corrected chi connectivity index (χ1v) is 7.40. The first-order chi connectivity index (χ1) is 10.1. The quantitative estimate of drug-likeness (QED) is 0.842. The fraction of sp³-hybridized carbons (Fsp3) is 0.278. The number of amides is 1. The van der Waals surface area contributed by atoms with Gasteiger partial charge in [-0.15, -0.1) is 0 Å². The molecule has 3 nitrogen and oxygen atoms in total. The lowest BCUT2D eigenvalue weighted by Gasteiger charge is -2.16. The summed E-state index contributed by atoms with van der Waals surface area (Å²) in [6.45, 7) is 2.12. The van der Waals surface area contributed by atoms with Crippen LogP contribution >= 0.6 is 0 Å². The molecule has 0 atom stereocenters. The molecular weight excluding hydrogens is 260 g/mol. The molecule has 3 N–H and O–H groups in total. The Labute approximate surface area is 125 Å². The van der Waals surface area contributed by atoms with Crippen molar-refractivity contribution in [3.63, 3.8) is 0 Å². The Hall–Kier alpha value is -2.29. The number of hydrogen-bond donors (Lipinski definition) is 2. The summed E-state index contributed by atoms with van der Waals surface area (Å²) in [5, 5.41) is 3.04. The number of nitrogens with one attached hydrogen (secondary N) is 1. The second-order valence-electron chi connectivity index (χ2n) is 5.71. The van der Waals surface area contributed by atoms with Crippen LogP contribution in [0.5, 0.6) is 0 Å². The van der Waals surface area contributed by atoms with E-state index >= 15 is 0 Å². The number of benzene rings is 2. The van der Waals surface area contributed by atoms with Gasteiger partial charge in [0.25, 0.3) is 0 Å². The number of nitrogen functional groups attached to an aromatic ring is 1. The molecule has 0 bridgehead atoms. The molecular formula is C18H20N2O. The molecule has 108 valence electrons. The van der Waals surface area contributed by atoms with E-state index in [4.69, 9.17) is 5.73 Å². The van der Waals surface area contributed by atoms with Crippen LogP contribution in [0.1, 0.15) is 30.9 Å². The number of carbonyl (C=O) groups excluding carboxylic acids is 1. The van der Waals surface area contributed by atoms with Crippen molar-refractivity contribution in [2.45, 2.75) is 31.6 Å². The van der Waals surface area contributed by atoms with Gasteiger partial charge in [-0.2, -0.15) is 0 Å². The van der Waals surface area contributed by atoms with Crippen molar-refractivity contribution >= 4 is 17.3 Å². The molecule has 1 amide bonds. The van der Waals surface area contributed by atoms with Crippen LogP contribution in [0, 0.1) is 0 Å². The monoisotopic (exact) mass is 280 g/mol. The summed E-state index contributed by atoms with van der Waals surface area (Å²) in [7, 11) is 0. The van der Waals surface area contributed by atoms with E-state index in [1.807, 2.05) is 36.4 Å². The molecule has 3 rings (SSSR count). The maximum absolute atomic E-state index is 12.6. The third kappa shape index (κ3) is 2.64. The lowest BCUT2D eigenvalue weighted by atomic mass is 9.94. The molecule has 0 heterocycles. The van der Waals surface area contributed by atoms with Gasteiger partial charge in [0.15, 0.2) is 0 Å². The first-order valence-electron chi connectivity index (χ1n) is 7.40. The SMILES string of the molecule is CCc1ccc(NC(=O)C2(c3ccc(N)cc3)CC2)cc1. The summed E-state index contributed by atoms with van der Waals surface area (Å²) >= 11 is 0. The molecule has 0 unspecified atom stereocenters. The Morgan fingerprint density at radius 3 is 2.24 bits per heavy atom. The summed E-state index contributed by atoms with van der Waals surface area (Å²) < 4.78 is 0. The molecule has 0 saturated heterocycles. The van der Waals surface area contributed by atoms with Crippen molar-refractivity contribution in [1.82, 2.24) is 0 Å². The van der Waals surface area contributed by atoms with Crippen LogP contribution in [-0.2, 0) is 16.6 Å². The summed E-state index contributed by atoms with van der Waals surface area (Å²) in [5.41, 5.74) is 9.27. The minimum absolute atomic E-state index is 0.0801. The van der Waals surface area contributed by atoms with E-state index in [1.54, 1.807) is 0 Å². The van der Waals surface area contributed by atoms with Crippen molar-refractivity contribution in [2.24, 2.45) is 0 Å². The van der Waals surface area contributed by atoms with Gasteiger partial charge in [-0.25, -0.2) is 0 Å². The standard InChI is InChI=1S/C18H20N2O/c1-2-13-3-9-16(10-4-13)20-17(21)18(11-12-18)14-5-7-15(19)8-6-14/h3-10H,2,11-12,19H2,1H3,(H,20,21). The van der Waals surface area contributed by atoms with Gasteiger partial charge in [-0.1, -0.05) is 31.2 Å². The van der Waals surface area contributed by atoms with Gasteiger partial charge >= 0.3 is 0 Å². The lowest BCUT2D eigenvalue weighted by molar-refractivity contribution is -0.118. The van der Waals surface area contributed by atoms with Crippen LogP contribution in [0.15, 0.2) is 48.5 Å². The number of carbonyl (C=O) groups is 1. The second kappa shape index (κ2) is 5.24. The number of nitrogens with two attached hydrogens (primary N) is 1.